The van der Waals surface area contributed by atoms with Gasteiger partial charge in [0.15, 0.2) is 0 Å². The molecule has 1 aromatic carbocycles. The van der Waals surface area contributed by atoms with Crippen molar-refractivity contribution in [2.75, 3.05) is 20.6 Å². The second-order valence-electron chi connectivity index (χ2n) is 8.55. The van der Waals surface area contributed by atoms with Crippen LogP contribution in [0.15, 0.2) is 12.1 Å². The van der Waals surface area contributed by atoms with Gasteiger partial charge >= 0.3 is 0 Å². The van der Waals surface area contributed by atoms with Crippen molar-refractivity contribution in [2.45, 2.75) is 49.2 Å². The number of aromatic hydroxyl groups is 1. The predicted octanol–water partition coefficient (Wildman–Crippen LogP) is 0.618. The Kier molecular flexibility index (Phi) is 3.19. The fraction of sp³-hybridized carbons (Fsp3) is 0.579. The van der Waals surface area contributed by atoms with Crippen molar-refractivity contribution in [1.82, 2.24) is 0 Å². The summed E-state index contributed by atoms with van der Waals surface area (Å²) in [5, 5.41) is 22.7. The van der Waals surface area contributed by atoms with E-state index in [1.807, 2.05) is 6.07 Å². The van der Waals surface area contributed by atoms with Crippen LogP contribution in [-0.2, 0) is 16.6 Å². The number of nitrogens with zero attached hydrogens (tertiary/aromatic N) is 1. The Labute approximate surface area is 146 Å². The zero-order valence-corrected chi connectivity index (χ0v) is 14.7. The summed E-state index contributed by atoms with van der Waals surface area (Å²) < 4.78 is 0.685. The van der Waals surface area contributed by atoms with Crippen LogP contribution in [0.3, 0.4) is 0 Å². The number of primary amides is 1. The molecule has 6 heteroatoms. The molecule has 3 atom stereocenters. The maximum absolute atomic E-state index is 12.4. The van der Waals surface area contributed by atoms with Crippen LogP contribution in [0.2, 0.25) is 0 Å². The fourth-order valence-electron chi connectivity index (χ4n) is 5.74. The lowest BCUT2D eigenvalue weighted by Crippen LogP contribution is -2.77. The number of hydrogen-bond donors (Lipinski definition) is 3. The molecule has 1 saturated heterocycles. The van der Waals surface area contributed by atoms with Gasteiger partial charge < -0.3 is 20.4 Å². The Bertz CT molecular complexity index is 803. The number of phenols is 1. The Morgan fingerprint density at radius 2 is 2.04 bits per heavy atom. The van der Waals surface area contributed by atoms with Crippen molar-refractivity contribution >= 4 is 11.7 Å². The summed E-state index contributed by atoms with van der Waals surface area (Å²) in [7, 11) is 4.23. The number of amides is 1. The second-order valence-corrected chi connectivity index (χ2v) is 8.55. The van der Waals surface area contributed by atoms with E-state index in [1.54, 1.807) is 6.07 Å². The summed E-state index contributed by atoms with van der Waals surface area (Å²) >= 11 is 0. The maximum atomic E-state index is 12.4. The summed E-state index contributed by atoms with van der Waals surface area (Å²) in [6.07, 6.45) is 2.18. The van der Waals surface area contributed by atoms with E-state index in [2.05, 4.69) is 14.1 Å². The van der Waals surface area contributed by atoms with Gasteiger partial charge in [-0.1, -0.05) is 6.07 Å². The van der Waals surface area contributed by atoms with Crippen LogP contribution >= 0.6 is 0 Å². The molecule has 0 radical (unpaired) electrons. The number of likely N-dealkylation sites (N-methyl/N-ethyl adjacent to an activating group) is 1. The van der Waals surface area contributed by atoms with Gasteiger partial charge in [-0.2, -0.15) is 0 Å². The Balaban J connectivity index is 2.04. The number of benzene rings is 1. The molecule has 6 nitrogen and oxygen atoms in total. The summed E-state index contributed by atoms with van der Waals surface area (Å²) in [5.41, 5.74) is 5.07. The molecule has 0 spiro atoms. The minimum atomic E-state index is -1.07. The van der Waals surface area contributed by atoms with E-state index in [9.17, 15) is 19.8 Å². The first-order valence-electron chi connectivity index (χ1n) is 8.84. The van der Waals surface area contributed by atoms with Crippen LogP contribution in [0.5, 0.6) is 5.75 Å². The minimum Gasteiger partial charge on any atom is -0.507 e. The number of hydrogen-bond acceptors (Lipinski definition) is 4. The van der Waals surface area contributed by atoms with Crippen LogP contribution in [0, 0.1) is 0 Å². The normalized spacial score (nSPS) is 35.6. The summed E-state index contributed by atoms with van der Waals surface area (Å²) in [6.45, 7) is 0.805. The van der Waals surface area contributed by atoms with Gasteiger partial charge in [0, 0.05) is 36.7 Å². The molecule has 4 rings (SSSR count). The van der Waals surface area contributed by atoms with Crippen molar-refractivity contribution in [3.05, 3.63) is 28.8 Å². The molecule has 4 N–H and O–H groups in total. The highest BCUT2D eigenvalue weighted by molar-refractivity contribution is 5.96. The van der Waals surface area contributed by atoms with Crippen molar-refractivity contribution in [3.8, 4) is 5.75 Å². The number of piperidine rings is 1. The zero-order valence-electron chi connectivity index (χ0n) is 14.7. The van der Waals surface area contributed by atoms with Gasteiger partial charge in [0.05, 0.1) is 26.2 Å². The van der Waals surface area contributed by atoms with Crippen molar-refractivity contribution in [3.63, 3.8) is 0 Å². The lowest BCUT2D eigenvalue weighted by atomic mass is 9.48. The van der Waals surface area contributed by atoms with E-state index >= 15 is 0 Å². The number of ketones is 1. The molecule has 1 amide bonds. The third-order valence-electron chi connectivity index (χ3n) is 7.04. The molecule has 2 aliphatic carbocycles. The third kappa shape index (κ3) is 1.92. The van der Waals surface area contributed by atoms with E-state index in [0.717, 1.165) is 12.1 Å². The van der Waals surface area contributed by atoms with Crippen LogP contribution in [-0.4, -0.2) is 58.7 Å². The number of carbonyl (C=O) groups excluding carboxylic acids is 2. The summed E-state index contributed by atoms with van der Waals surface area (Å²) in [6, 6.07) is 3.34. The third-order valence-corrected chi connectivity index (χ3v) is 7.04. The highest BCUT2D eigenvalue weighted by atomic mass is 16.3. The average molecular weight is 345 g/mol. The summed E-state index contributed by atoms with van der Waals surface area (Å²) in [5.74, 6) is -0.743. The Hall–Kier alpha value is -1.92. The summed E-state index contributed by atoms with van der Waals surface area (Å²) in [4.78, 5) is 24.1. The SMILES string of the molecule is C[N+]1(C)CCC23CC(=O)CCC2(O)C1Cc1ccc(C(N)=O)c(O)c13. The molecular weight excluding hydrogens is 320 g/mol. The topological polar surface area (TPSA) is 101 Å². The van der Waals surface area contributed by atoms with Crippen molar-refractivity contribution < 1.29 is 24.3 Å². The molecule has 1 aromatic rings. The van der Waals surface area contributed by atoms with Gasteiger partial charge in [0.2, 0.25) is 0 Å². The average Bonchev–Trinajstić information content (AvgIpc) is 2.52. The lowest BCUT2D eigenvalue weighted by Gasteiger charge is -2.64. The number of carbonyl (C=O) groups is 2. The zero-order chi connectivity index (χ0) is 18.2. The molecule has 0 aromatic heterocycles. The van der Waals surface area contributed by atoms with Crippen LogP contribution < -0.4 is 5.73 Å². The first-order chi connectivity index (χ1) is 11.6. The maximum Gasteiger partial charge on any atom is 0.252 e. The van der Waals surface area contributed by atoms with E-state index in [0.29, 0.717) is 35.7 Å². The molecule has 1 aliphatic heterocycles. The van der Waals surface area contributed by atoms with Crippen molar-refractivity contribution in [2.24, 2.45) is 5.73 Å². The molecule has 1 heterocycles. The number of fused-ring (bicyclic) bond motifs is 1. The van der Waals surface area contributed by atoms with Crippen molar-refractivity contribution in [1.29, 1.82) is 0 Å². The standard InChI is InChI=1S/C19H24N2O4/c1-21(2)8-7-18-10-12(22)5-6-19(18,25)14(21)9-11-3-4-13(17(20)24)16(23)15(11)18/h3-4,14,25H,5-10H2,1-2H3,(H2-,20,23,24)/p+1. The number of nitrogens with two attached hydrogens (primary N) is 1. The van der Waals surface area contributed by atoms with Gasteiger partial charge in [0.25, 0.3) is 5.91 Å². The van der Waals surface area contributed by atoms with Gasteiger partial charge in [0.1, 0.15) is 23.2 Å². The second kappa shape index (κ2) is 4.83. The molecule has 2 bridgehead atoms. The van der Waals surface area contributed by atoms with Crippen LogP contribution in [0.25, 0.3) is 0 Å². The molecule has 25 heavy (non-hydrogen) atoms. The quantitative estimate of drug-likeness (QED) is 0.650. The number of aliphatic hydroxyl groups is 1. The minimum absolute atomic E-state index is 0.0410. The molecule has 1 saturated carbocycles. The number of Topliss-reactive ketones (excluding diaryl/α,β-unsaturated/α-hetero) is 1. The van der Waals surface area contributed by atoms with Gasteiger partial charge in [-0.15, -0.1) is 0 Å². The van der Waals surface area contributed by atoms with Gasteiger partial charge in [-0.05, 0) is 18.1 Å². The van der Waals surface area contributed by atoms with E-state index in [1.165, 1.54) is 0 Å². The van der Waals surface area contributed by atoms with E-state index < -0.39 is 16.9 Å². The molecule has 2 fully saturated rings. The van der Waals surface area contributed by atoms with Crippen LogP contribution in [0.1, 0.15) is 47.2 Å². The first kappa shape index (κ1) is 16.5. The van der Waals surface area contributed by atoms with Crippen LogP contribution in [0.4, 0.5) is 0 Å². The molecule has 134 valence electrons. The Morgan fingerprint density at radius 3 is 2.72 bits per heavy atom. The lowest BCUT2D eigenvalue weighted by molar-refractivity contribution is -0.931. The number of quaternary nitrogens is 1. The molecule has 3 unspecified atom stereocenters. The van der Waals surface area contributed by atoms with Gasteiger partial charge in [-0.25, -0.2) is 0 Å². The smallest absolute Gasteiger partial charge is 0.252 e. The van der Waals surface area contributed by atoms with E-state index in [4.69, 9.17) is 5.73 Å². The number of rotatable bonds is 1. The monoisotopic (exact) mass is 345 g/mol. The highest BCUT2D eigenvalue weighted by Gasteiger charge is 2.69. The van der Waals surface area contributed by atoms with E-state index in [-0.39, 0.29) is 29.6 Å². The highest BCUT2D eigenvalue weighted by Crippen LogP contribution is 2.60. The Morgan fingerprint density at radius 1 is 1.32 bits per heavy atom. The molecule has 3 aliphatic rings. The first-order valence-corrected chi connectivity index (χ1v) is 8.84. The fourth-order valence-corrected chi connectivity index (χ4v) is 5.74. The molecular formula is C19H25N2O4+. The largest absolute Gasteiger partial charge is 0.507 e. The number of likely N-dealkylation sites (tertiary alicyclic amines) is 1. The van der Waals surface area contributed by atoms with Gasteiger partial charge in [-0.3, -0.25) is 9.59 Å². The predicted molar refractivity (Wildman–Crippen MR) is 91.2 cm³/mol.